The molecule has 2 heterocycles. The normalized spacial score (nSPS) is 26.5. The lowest BCUT2D eigenvalue weighted by Crippen LogP contribution is -2.79. The number of ether oxygens (including phenoxy) is 3. The minimum absolute atomic E-state index is 0.0911. The third-order valence-corrected chi connectivity index (χ3v) is 11.5. The first-order valence-electron chi connectivity index (χ1n) is 17.9. The Labute approximate surface area is 297 Å². The van der Waals surface area contributed by atoms with Gasteiger partial charge in [0.2, 0.25) is 5.91 Å². The molecule has 5 atom stereocenters. The molecule has 270 valence electrons. The van der Waals surface area contributed by atoms with Crippen molar-refractivity contribution in [2.24, 2.45) is 5.92 Å². The fourth-order valence-corrected chi connectivity index (χ4v) is 9.52. The Bertz CT molecular complexity index is 1810. The van der Waals surface area contributed by atoms with Gasteiger partial charge in [0, 0.05) is 31.7 Å². The molecule has 1 amide bonds. The third kappa shape index (κ3) is 5.99. The number of carbonyl (C=O) groups excluding carboxylic acids is 2. The summed E-state index contributed by atoms with van der Waals surface area (Å²) in [7, 11) is 1.62. The number of hydrogen-bond donors (Lipinski definition) is 0. The molecule has 3 aromatic carbocycles. The van der Waals surface area contributed by atoms with Crippen molar-refractivity contribution in [3.05, 3.63) is 101 Å². The number of benzene rings is 3. The Morgan fingerprint density at radius 2 is 1.80 bits per heavy atom. The van der Waals surface area contributed by atoms with Gasteiger partial charge >= 0.3 is 12.1 Å². The second-order valence-corrected chi connectivity index (χ2v) is 14.8. The van der Waals surface area contributed by atoms with E-state index in [1.165, 1.54) is 30.7 Å². The fraction of sp³-hybridized carbons (Fsp3) is 0.463. The second kappa shape index (κ2) is 13.3. The first kappa shape index (κ1) is 35.1. The van der Waals surface area contributed by atoms with Crippen LogP contribution in [0, 0.1) is 5.92 Å². The Morgan fingerprint density at radius 3 is 2.47 bits per heavy atom. The molecule has 0 aromatic heterocycles. The van der Waals surface area contributed by atoms with Gasteiger partial charge in [-0.15, -0.1) is 0 Å². The number of likely N-dealkylation sites (tertiary alicyclic amines) is 1. The van der Waals surface area contributed by atoms with E-state index in [-0.39, 0.29) is 29.9 Å². The number of carbonyl (C=O) groups is 2. The van der Waals surface area contributed by atoms with Gasteiger partial charge in [-0.1, -0.05) is 62.4 Å². The van der Waals surface area contributed by atoms with Crippen LogP contribution in [0.15, 0.2) is 72.8 Å². The van der Waals surface area contributed by atoms with E-state index in [1.54, 1.807) is 13.2 Å². The predicted molar refractivity (Wildman–Crippen MR) is 187 cm³/mol. The molecule has 1 saturated heterocycles. The van der Waals surface area contributed by atoms with Gasteiger partial charge < -0.3 is 19.1 Å². The lowest BCUT2D eigenvalue weighted by Gasteiger charge is -2.65. The summed E-state index contributed by atoms with van der Waals surface area (Å²) in [6.07, 6.45) is 1.37. The van der Waals surface area contributed by atoms with E-state index in [2.05, 4.69) is 49.1 Å². The maximum absolute atomic E-state index is 14.2. The zero-order valence-electron chi connectivity index (χ0n) is 29.5. The van der Waals surface area contributed by atoms with E-state index in [4.69, 9.17) is 14.2 Å². The van der Waals surface area contributed by atoms with Crippen molar-refractivity contribution >= 4 is 18.0 Å². The standard InChI is InChI=1S/C41H45F3N2O5/c1-26(2)25-46(35(48)17-12-29-10-14-31(15-11-29)41(42,43)44)32-18-20-40(51-27(3)47)34-24-30-13-16-33(49-4)37-36(30)39(40,38(32)50-37)21-23-45(34)22-19-28-8-6-5-7-9-28/h5-17,26,32,34,38H,18-25H2,1-4H3/b17-12+/t32?,34-,38?,39+,40-/m1/s1. The largest absolute Gasteiger partial charge is 0.493 e. The summed E-state index contributed by atoms with van der Waals surface area (Å²) in [4.78, 5) is 31.7. The quantitative estimate of drug-likeness (QED) is 0.164. The molecule has 2 unspecified atom stereocenters. The predicted octanol–water partition coefficient (Wildman–Crippen LogP) is 7.25. The number of rotatable bonds is 10. The number of hydrogen-bond acceptors (Lipinski definition) is 6. The van der Waals surface area contributed by atoms with Crippen LogP contribution >= 0.6 is 0 Å². The van der Waals surface area contributed by atoms with Gasteiger partial charge in [0.25, 0.3) is 0 Å². The zero-order chi connectivity index (χ0) is 36.1. The molecule has 1 spiro atoms. The Kier molecular flexibility index (Phi) is 9.19. The summed E-state index contributed by atoms with van der Waals surface area (Å²) in [5.74, 6) is 0.817. The molecule has 2 bridgehead atoms. The van der Waals surface area contributed by atoms with E-state index >= 15 is 0 Å². The summed E-state index contributed by atoms with van der Waals surface area (Å²) in [6, 6.07) is 18.8. The maximum atomic E-state index is 14.2. The molecule has 4 aliphatic rings. The summed E-state index contributed by atoms with van der Waals surface area (Å²) < 4.78 is 59.1. The Morgan fingerprint density at radius 1 is 1.06 bits per heavy atom. The van der Waals surface area contributed by atoms with Gasteiger partial charge in [-0.2, -0.15) is 13.2 Å². The number of esters is 1. The van der Waals surface area contributed by atoms with Crippen LogP contribution in [-0.2, 0) is 38.8 Å². The van der Waals surface area contributed by atoms with E-state index < -0.39 is 28.9 Å². The molecular weight excluding hydrogens is 657 g/mol. The van der Waals surface area contributed by atoms with Crippen molar-refractivity contribution in [1.82, 2.24) is 9.80 Å². The van der Waals surface area contributed by atoms with Crippen LogP contribution in [0.1, 0.15) is 67.9 Å². The van der Waals surface area contributed by atoms with Crippen LogP contribution in [0.3, 0.4) is 0 Å². The SMILES string of the molecule is COc1ccc2c3c1OC1C(N(CC(C)C)C(=O)/C=C/c4ccc(C(F)(F)F)cc4)CC[C@@]4(OC(C)=O)[C@@H](C2)N(CCc2ccccc2)CC[C@]314. The molecule has 0 radical (unpaired) electrons. The number of alkyl halides is 3. The summed E-state index contributed by atoms with van der Waals surface area (Å²) in [5, 5.41) is 0. The van der Waals surface area contributed by atoms with Gasteiger partial charge in [-0.3, -0.25) is 14.5 Å². The lowest BCUT2D eigenvalue weighted by molar-refractivity contribution is -0.224. The zero-order valence-corrected chi connectivity index (χ0v) is 29.5. The van der Waals surface area contributed by atoms with Crippen molar-refractivity contribution in [3.8, 4) is 11.5 Å². The van der Waals surface area contributed by atoms with E-state index in [0.29, 0.717) is 49.3 Å². The van der Waals surface area contributed by atoms with Gasteiger partial charge in [0.05, 0.1) is 30.2 Å². The Balaban J connectivity index is 1.28. The average molecular weight is 703 g/mol. The summed E-state index contributed by atoms with van der Waals surface area (Å²) in [5.41, 5.74) is 1.58. The topological polar surface area (TPSA) is 68.3 Å². The Hall–Kier alpha value is -4.31. The highest BCUT2D eigenvalue weighted by molar-refractivity contribution is 5.92. The van der Waals surface area contributed by atoms with Crippen LogP contribution in [0.4, 0.5) is 13.2 Å². The number of nitrogens with zero attached hydrogens (tertiary/aromatic N) is 2. The van der Waals surface area contributed by atoms with E-state index in [1.807, 2.05) is 17.0 Å². The molecule has 51 heavy (non-hydrogen) atoms. The summed E-state index contributed by atoms with van der Waals surface area (Å²) >= 11 is 0. The highest BCUT2D eigenvalue weighted by atomic mass is 19.4. The molecule has 2 aliphatic carbocycles. The van der Waals surface area contributed by atoms with Gasteiger partial charge in [0.15, 0.2) is 11.5 Å². The number of amides is 1. The molecule has 1 saturated carbocycles. The highest BCUT2D eigenvalue weighted by Crippen LogP contribution is 2.67. The van der Waals surface area contributed by atoms with Gasteiger partial charge in [0.1, 0.15) is 11.7 Å². The third-order valence-electron chi connectivity index (χ3n) is 11.5. The van der Waals surface area contributed by atoms with Crippen molar-refractivity contribution < 1.29 is 37.0 Å². The van der Waals surface area contributed by atoms with Crippen LogP contribution in [0.2, 0.25) is 0 Å². The first-order chi connectivity index (χ1) is 24.4. The minimum atomic E-state index is -4.44. The second-order valence-electron chi connectivity index (χ2n) is 14.8. The molecule has 10 heteroatoms. The first-order valence-corrected chi connectivity index (χ1v) is 17.9. The number of halogens is 3. The van der Waals surface area contributed by atoms with Crippen LogP contribution in [0.25, 0.3) is 6.08 Å². The number of methoxy groups -OCH3 is 1. The fourth-order valence-electron chi connectivity index (χ4n) is 9.52. The molecule has 7 nitrogen and oxygen atoms in total. The average Bonchev–Trinajstić information content (AvgIpc) is 3.45. The van der Waals surface area contributed by atoms with Crippen LogP contribution < -0.4 is 9.47 Å². The molecule has 2 aliphatic heterocycles. The smallest absolute Gasteiger partial charge is 0.416 e. The van der Waals surface area contributed by atoms with Gasteiger partial charge in [-0.05, 0) is 85.5 Å². The van der Waals surface area contributed by atoms with Crippen LogP contribution in [0.5, 0.6) is 11.5 Å². The molecule has 0 N–H and O–H groups in total. The minimum Gasteiger partial charge on any atom is -0.493 e. The molecule has 2 fully saturated rings. The van der Waals surface area contributed by atoms with Gasteiger partial charge in [-0.25, -0.2) is 0 Å². The molecular formula is C41H45F3N2O5. The molecule has 7 rings (SSSR count). The number of piperidine rings is 1. The monoisotopic (exact) mass is 702 g/mol. The maximum Gasteiger partial charge on any atom is 0.416 e. The lowest BCUT2D eigenvalue weighted by atomic mass is 9.48. The van der Waals surface area contributed by atoms with E-state index in [9.17, 15) is 22.8 Å². The van der Waals surface area contributed by atoms with Crippen molar-refractivity contribution in [2.45, 2.75) is 88.3 Å². The highest BCUT2D eigenvalue weighted by Gasteiger charge is 2.75. The molecule has 3 aromatic rings. The van der Waals surface area contributed by atoms with Crippen molar-refractivity contribution in [3.63, 3.8) is 0 Å². The van der Waals surface area contributed by atoms with Crippen LogP contribution in [-0.4, -0.2) is 72.2 Å². The van der Waals surface area contributed by atoms with Crippen molar-refractivity contribution in [1.29, 1.82) is 0 Å². The van der Waals surface area contributed by atoms with Crippen molar-refractivity contribution in [2.75, 3.05) is 26.7 Å². The van der Waals surface area contributed by atoms with E-state index in [0.717, 1.165) is 42.8 Å². The summed E-state index contributed by atoms with van der Waals surface area (Å²) in [6.45, 7) is 7.62.